The molecule has 0 amide bonds. The molecule has 0 saturated carbocycles. The molecule has 2 aromatic rings. The van der Waals surface area contributed by atoms with Gasteiger partial charge in [0.25, 0.3) is 0 Å². The zero-order valence-electron chi connectivity index (χ0n) is 10.9. The largest absolute Gasteiger partial charge is 0.271 e. The molecule has 3 N–H and O–H groups in total. The van der Waals surface area contributed by atoms with E-state index in [9.17, 15) is 8.78 Å². The Kier molecular flexibility index (Phi) is 5.52. The highest BCUT2D eigenvalue weighted by Crippen LogP contribution is 2.20. The Morgan fingerprint density at radius 3 is 2.45 bits per heavy atom. The summed E-state index contributed by atoms with van der Waals surface area (Å²) in [5.74, 6) is 5.74. The molecule has 5 heteroatoms. The first-order valence-electron chi connectivity index (χ1n) is 6.26. The minimum atomic E-state index is -0.250. The third-order valence-corrected chi connectivity index (χ3v) is 4.03. The highest BCUT2D eigenvalue weighted by Gasteiger charge is 2.09. The highest BCUT2D eigenvalue weighted by molar-refractivity contribution is 7.99. The van der Waals surface area contributed by atoms with E-state index in [-0.39, 0.29) is 17.7 Å². The first kappa shape index (κ1) is 15.0. The monoisotopic (exact) mass is 294 g/mol. The lowest BCUT2D eigenvalue weighted by molar-refractivity contribution is 0.573. The van der Waals surface area contributed by atoms with Gasteiger partial charge in [0, 0.05) is 16.7 Å². The van der Waals surface area contributed by atoms with Crippen molar-refractivity contribution in [1.29, 1.82) is 0 Å². The second kappa shape index (κ2) is 7.38. The van der Waals surface area contributed by atoms with Crippen LogP contribution in [0.4, 0.5) is 8.78 Å². The SMILES string of the molecule is NNC(CSc1cccc(F)c1)Cc1ccc(F)cc1. The van der Waals surface area contributed by atoms with Gasteiger partial charge in [0.05, 0.1) is 0 Å². The molecule has 0 aromatic heterocycles. The molecule has 1 unspecified atom stereocenters. The average Bonchev–Trinajstić information content (AvgIpc) is 2.45. The van der Waals surface area contributed by atoms with Crippen molar-refractivity contribution in [2.45, 2.75) is 17.4 Å². The van der Waals surface area contributed by atoms with Crippen LogP contribution in [0.2, 0.25) is 0 Å². The van der Waals surface area contributed by atoms with E-state index in [1.165, 1.54) is 36.0 Å². The average molecular weight is 294 g/mol. The predicted molar refractivity (Wildman–Crippen MR) is 78.3 cm³/mol. The summed E-state index contributed by atoms with van der Waals surface area (Å²) in [4.78, 5) is 0.865. The molecule has 0 saturated heterocycles. The summed E-state index contributed by atoms with van der Waals surface area (Å²) in [5.41, 5.74) is 3.75. The second-order valence-corrected chi connectivity index (χ2v) is 5.56. The van der Waals surface area contributed by atoms with Gasteiger partial charge in [-0.05, 0) is 42.3 Å². The normalized spacial score (nSPS) is 12.3. The van der Waals surface area contributed by atoms with Gasteiger partial charge < -0.3 is 0 Å². The van der Waals surface area contributed by atoms with Crippen molar-refractivity contribution in [2.24, 2.45) is 5.84 Å². The van der Waals surface area contributed by atoms with Crippen LogP contribution in [-0.4, -0.2) is 11.8 Å². The zero-order chi connectivity index (χ0) is 14.4. The Labute approximate surface area is 121 Å². The van der Waals surface area contributed by atoms with Gasteiger partial charge in [0.2, 0.25) is 0 Å². The minimum absolute atomic E-state index is 0.0359. The van der Waals surface area contributed by atoms with Crippen molar-refractivity contribution >= 4 is 11.8 Å². The summed E-state index contributed by atoms with van der Waals surface area (Å²) in [5, 5.41) is 0. The van der Waals surface area contributed by atoms with E-state index in [0.29, 0.717) is 12.2 Å². The molecular formula is C15H16F2N2S. The number of thioether (sulfide) groups is 1. The Morgan fingerprint density at radius 1 is 1.05 bits per heavy atom. The smallest absolute Gasteiger partial charge is 0.124 e. The van der Waals surface area contributed by atoms with Gasteiger partial charge in [-0.15, -0.1) is 11.8 Å². The van der Waals surface area contributed by atoms with Crippen molar-refractivity contribution in [3.8, 4) is 0 Å². The lowest BCUT2D eigenvalue weighted by Gasteiger charge is -2.15. The molecule has 2 aromatic carbocycles. The number of hydrazine groups is 1. The molecule has 0 bridgehead atoms. The van der Waals surface area contributed by atoms with Gasteiger partial charge in [-0.2, -0.15) is 0 Å². The van der Waals surface area contributed by atoms with Gasteiger partial charge in [0.1, 0.15) is 11.6 Å². The van der Waals surface area contributed by atoms with Gasteiger partial charge in [-0.25, -0.2) is 8.78 Å². The molecular weight excluding hydrogens is 278 g/mol. The maximum atomic E-state index is 13.1. The zero-order valence-corrected chi connectivity index (χ0v) is 11.7. The Bertz CT molecular complexity index is 546. The Morgan fingerprint density at radius 2 is 1.80 bits per heavy atom. The molecule has 1 atom stereocenters. The second-order valence-electron chi connectivity index (χ2n) is 4.46. The number of rotatable bonds is 6. The number of halogens is 2. The summed E-state index contributed by atoms with van der Waals surface area (Å²) in [6, 6.07) is 12.8. The molecule has 0 aliphatic heterocycles. The third-order valence-electron chi connectivity index (χ3n) is 2.88. The minimum Gasteiger partial charge on any atom is -0.271 e. The predicted octanol–water partition coefficient (Wildman–Crippen LogP) is 3.13. The highest BCUT2D eigenvalue weighted by atomic mass is 32.2. The van der Waals surface area contributed by atoms with Crippen LogP contribution in [0.1, 0.15) is 5.56 Å². The van der Waals surface area contributed by atoms with E-state index in [1.54, 1.807) is 18.2 Å². The van der Waals surface area contributed by atoms with Crippen LogP contribution in [0.15, 0.2) is 53.4 Å². The molecule has 0 fully saturated rings. The van der Waals surface area contributed by atoms with E-state index >= 15 is 0 Å². The molecule has 0 aliphatic carbocycles. The number of nitrogens with one attached hydrogen (secondary N) is 1. The maximum absolute atomic E-state index is 13.1. The van der Waals surface area contributed by atoms with Crippen LogP contribution < -0.4 is 11.3 Å². The van der Waals surface area contributed by atoms with Crippen LogP contribution in [0.5, 0.6) is 0 Å². The lowest BCUT2D eigenvalue weighted by atomic mass is 10.1. The number of benzene rings is 2. The van der Waals surface area contributed by atoms with E-state index in [0.717, 1.165) is 10.5 Å². The lowest BCUT2D eigenvalue weighted by Crippen LogP contribution is -2.38. The summed E-state index contributed by atoms with van der Waals surface area (Å²) < 4.78 is 25.9. The van der Waals surface area contributed by atoms with Crippen molar-refractivity contribution in [3.63, 3.8) is 0 Å². The fourth-order valence-corrected chi connectivity index (χ4v) is 2.80. The number of hydrogen-bond donors (Lipinski definition) is 2. The van der Waals surface area contributed by atoms with Crippen LogP contribution in [0, 0.1) is 11.6 Å². The van der Waals surface area contributed by atoms with Crippen LogP contribution in [-0.2, 0) is 6.42 Å². The molecule has 2 nitrogen and oxygen atoms in total. The fourth-order valence-electron chi connectivity index (χ4n) is 1.82. The van der Waals surface area contributed by atoms with E-state index in [1.807, 2.05) is 6.07 Å². The standard InChI is InChI=1S/C15H16F2N2S/c16-12-6-4-11(5-7-12)8-14(19-18)10-20-15-3-1-2-13(17)9-15/h1-7,9,14,19H,8,10,18H2. The van der Waals surface area contributed by atoms with Crippen LogP contribution in [0.3, 0.4) is 0 Å². The van der Waals surface area contributed by atoms with E-state index in [4.69, 9.17) is 5.84 Å². The van der Waals surface area contributed by atoms with E-state index < -0.39 is 0 Å². The fraction of sp³-hybridized carbons (Fsp3) is 0.200. The molecule has 0 spiro atoms. The summed E-state index contributed by atoms with van der Waals surface area (Å²) in [7, 11) is 0. The molecule has 20 heavy (non-hydrogen) atoms. The van der Waals surface area contributed by atoms with Crippen molar-refractivity contribution < 1.29 is 8.78 Å². The van der Waals surface area contributed by atoms with Crippen LogP contribution in [0.25, 0.3) is 0 Å². The summed E-state index contributed by atoms with van der Waals surface area (Å²) in [6.07, 6.45) is 0.694. The van der Waals surface area contributed by atoms with Crippen molar-refractivity contribution in [1.82, 2.24) is 5.43 Å². The number of hydrogen-bond acceptors (Lipinski definition) is 3. The van der Waals surface area contributed by atoms with Gasteiger partial charge in [-0.3, -0.25) is 11.3 Å². The quantitative estimate of drug-likeness (QED) is 0.488. The Balaban J connectivity index is 1.90. The molecule has 106 valence electrons. The van der Waals surface area contributed by atoms with Gasteiger partial charge in [0.15, 0.2) is 0 Å². The third kappa shape index (κ3) is 4.59. The Hall–Kier alpha value is -1.43. The molecule has 0 heterocycles. The van der Waals surface area contributed by atoms with Crippen molar-refractivity contribution in [3.05, 3.63) is 65.7 Å². The van der Waals surface area contributed by atoms with Gasteiger partial charge in [-0.1, -0.05) is 18.2 Å². The topological polar surface area (TPSA) is 38.0 Å². The maximum Gasteiger partial charge on any atom is 0.124 e. The molecule has 0 radical (unpaired) electrons. The van der Waals surface area contributed by atoms with E-state index in [2.05, 4.69) is 5.43 Å². The number of nitrogens with two attached hydrogens (primary N) is 1. The molecule has 0 aliphatic rings. The summed E-state index contributed by atoms with van der Waals surface area (Å²) >= 11 is 1.53. The summed E-state index contributed by atoms with van der Waals surface area (Å²) in [6.45, 7) is 0. The van der Waals surface area contributed by atoms with Gasteiger partial charge >= 0.3 is 0 Å². The van der Waals surface area contributed by atoms with Crippen LogP contribution >= 0.6 is 11.8 Å². The van der Waals surface area contributed by atoms with Crippen molar-refractivity contribution in [2.75, 3.05) is 5.75 Å². The molecule has 2 rings (SSSR count). The first-order chi connectivity index (χ1) is 9.67. The first-order valence-corrected chi connectivity index (χ1v) is 7.25.